The Morgan fingerprint density at radius 1 is 1.22 bits per heavy atom. The van der Waals surface area contributed by atoms with Crippen LogP contribution in [0, 0.1) is 17.7 Å². The summed E-state index contributed by atoms with van der Waals surface area (Å²) in [5, 5.41) is 28.6. The molecule has 0 heterocycles. The average molecular weight is 376 g/mol. The minimum absolute atomic E-state index is 0.0179. The van der Waals surface area contributed by atoms with E-state index in [4.69, 9.17) is 5.11 Å². The number of aliphatic carboxylic acids is 1. The van der Waals surface area contributed by atoms with Crippen molar-refractivity contribution >= 4 is 11.5 Å². The van der Waals surface area contributed by atoms with Crippen LogP contribution in [-0.2, 0) is 4.79 Å². The van der Waals surface area contributed by atoms with Gasteiger partial charge in [-0.3, -0.25) is 4.79 Å². The van der Waals surface area contributed by atoms with E-state index in [0.717, 1.165) is 30.4 Å². The molecule has 0 saturated carbocycles. The molecule has 27 heavy (non-hydrogen) atoms. The molecule has 4 atom stereocenters. The van der Waals surface area contributed by atoms with Crippen LogP contribution in [0.1, 0.15) is 51.5 Å². The topological polar surface area (TPSA) is 77.8 Å². The van der Waals surface area contributed by atoms with E-state index in [1.807, 2.05) is 6.08 Å². The van der Waals surface area contributed by atoms with Gasteiger partial charge in [-0.25, -0.2) is 4.39 Å². The van der Waals surface area contributed by atoms with Crippen LogP contribution >= 0.6 is 0 Å². The summed E-state index contributed by atoms with van der Waals surface area (Å²) in [6.07, 6.45) is 4.06. The molecule has 0 amide bonds. The van der Waals surface area contributed by atoms with Crippen LogP contribution in [0.3, 0.4) is 0 Å². The maximum Gasteiger partial charge on any atom is 0.305 e. The number of hydrogen-bond acceptors (Lipinski definition) is 3. The summed E-state index contributed by atoms with van der Waals surface area (Å²) in [4.78, 5) is 10.6. The van der Waals surface area contributed by atoms with Gasteiger partial charge in [0.25, 0.3) is 0 Å². The van der Waals surface area contributed by atoms with Crippen molar-refractivity contribution in [1.29, 1.82) is 0 Å². The number of allylic oxidation sites excluding steroid dienone is 3. The average Bonchev–Trinajstić information content (AvgIpc) is 2.97. The molecular formula is C22H29FO4. The van der Waals surface area contributed by atoms with Gasteiger partial charge < -0.3 is 15.3 Å². The third-order valence-electron chi connectivity index (χ3n) is 5.36. The van der Waals surface area contributed by atoms with Crippen LogP contribution < -0.4 is 0 Å². The van der Waals surface area contributed by atoms with Gasteiger partial charge in [-0.2, -0.15) is 0 Å². The Balaban J connectivity index is 2.24. The molecule has 0 aliphatic heterocycles. The lowest BCUT2D eigenvalue weighted by atomic mass is 9.87. The van der Waals surface area contributed by atoms with E-state index in [2.05, 4.69) is 13.8 Å². The summed E-state index contributed by atoms with van der Waals surface area (Å²) in [5.41, 5.74) is 3.30. The van der Waals surface area contributed by atoms with E-state index in [1.165, 1.54) is 17.7 Å². The van der Waals surface area contributed by atoms with Crippen molar-refractivity contribution in [2.75, 3.05) is 0 Å². The van der Waals surface area contributed by atoms with Crippen molar-refractivity contribution in [3.8, 4) is 0 Å². The lowest BCUT2D eigenvalue weighted by Crippen LogP contribution is -2.19. The van der Waals surface area contributed by atoms with Crippen molar-refractivity contribution < 1.29 is 24.5 Å². The number of halogens is 1. The van der Waals surface area contributed by atoms with E-state index < -0.39 is 18.2 Å². The Kier molecular flexibility index (Phi) is 7.75. The van der Waals surface area contributed by atoms with Gasteiger partial charge >= 0.3 is 5.97 Å². The highest BCUT2D eigenvalue weighted by Crippen LogP contribution is 2.45. The highest BCUT2D eigenvalue weighted by Gasteiger charge is 2.31. The molecule has 0 saturated heterocycles. The Labute approximate surface area is 160 Å². The second-order valence-electron chi connectivity index (χ2n) is 7.24. The molecule has 0 radical (unpaired) electrons. The fraction of sp³-hybridized carbons (Fsp3) is 0.500. The minimum atomic E-state index is -1.09. The molecule has 2 rings (SSSR count). The lowest BCUT2D eigenvalue weighted by molar-refractivity contribution is -0.139. The molecule has 1 aliphatic rings. The van der Waals surface area contributed by atoms with Gasteiger partial charge in [-0.15, -0.1) is 0 Å². The van der Waals surface area contributed by atoms with Crippen LogP contribution in [0.5, 0.6) is 0 Å². The molecule has 4 unspecified atom stereocenters. The third kappa shape index (κ3) is 5.75. The fourth-order valence-corrected chi connectivity index (χ4v) is 4.00. The zero-order valence-corrected chi connectivity index (χ0v) is 15.9. The van der Waals surface area contributed by atoms with Gasteiger partial charge in [0.1, 0.15) is 5.82 Å². The van der Waals surface area contributed by atoms with Crippen LogP contribution in [0.4, 0.5) is 4.39 Å². The molecule has 0 spiro atoms. The molecule has 0 fully saturated rings. The van der Waals surface area contributed by atoms with Gasteiger partial charge in [0.15, 0.2) is 0 Å². The van der Waals surface area contributed by atoms with Crippen molar-refractivity contribution in [3.63, 3.8) is 0 Å². The number of hydrogen-bond donors (Lipinski definition) is 3. The second kappa shape index (κ2) is 9.81. The number of carboxylic acid groups (broad SMARTS) is 1. The normalized spacial score (nSPS) is 22.4. The monoisotopic (exact) mass is 376 g/mol. The summed E-state index contributed by atoms with van der Waals surface area (Å²) < 4.78 is 13.3. The molecular weight excluding hydrogens is 347 g/mol. The van der Waals surface area contributed by atoms with Crippen LogP contribution in [0.15, 0.2) is 42.0 Å². The molecule has 0 bridgehead atoms. The highest BCUT2D eigenvalue weighted by molar-refractivity contribution is 5.74. The van der Waals surface area contributed by atoms with Crippen LogP contribution in [0.25, 0.3) is 5.57 Å². The molecule has 4 nitrogen and oxygen atoms in total. The Hall–Kier alpha value is -1.98. The first-order valence-electron chi connectivity index (χ1n) is 9.60. The largest absolute Gasteiger partial charge is 0.481 e. The molecule has 5 heteroatoms. The predicted octanol–water partition coefficient (Wildman–Crippen LogP) is 4.18. The lowest BCUT2D eigenvalue weighted by Gasteiger charge is -2.18. The summed E-state index contributed by atoms with van der Waals surface area (Å²) in [6, 6.07) is 6.49. The summed E-state index contributed by atoms with van der Waals surface area (Å²) in [5.74, 6) is -0.490. The van der Waals surface area contributed by atoms with E-state index in [-0.39, 0.29) is 18.7 Å². The number of aliphatic hydroxyl groups is 2. The highest BCUT2D eigenvalue weighted by atomic mass is 19.1. The maximum absolute atomic E-state index is 13.3. The maximum atomic E-state index is 13.3. The number of benzene rings is 1. The first-order valence-corrected chi connectivity index (χ1v) is 9.60. The summed E-state index contributed by atoms with van der Waals surface area (Å²) >= 11 is 0. The number of carboxylic acids is 1. The van der Waals surface area contributed by atoms with Gasteiger partial charge in [-0.1, -0.05) is 44.6 Å². The molecule has 1 aromatic rings. The third-order valence-corrected chi connectivity index (χ3v) is 5.36. The molecule has 0 aromatic heterocycles. The van der Waals surface area contributed by atoms with Gasteiger partial charge in [0, 0.05) is 6.42 Å². The molecule has 148 valence electrons. The quantitative estimate of drug-likeness (QED) is 0.604. The second-order valence-corrected chi connectivity index (χ2v) is 7.24. The zero-order valence-electron chi connectivity index (χ0n) is 15.9. The molecule has 3 N–H and O–H groups in total. The predicted molar refractivity (Wildman–Crippen MR) is 104 cm³/mol. The van der Waals surface area contributed by atoms with E-state index in [1.54, 1.807) is 18.2 Å². The van der Waals surface area contributed by atoms with Crippen molar-refractivity contribution in [2.45, 2.75) is 58.2 Å². The van der Waals surface area contributed by atoms with Crippen LogP contribution in [-0.4, -0.2) is 33.5 Å². The number of carbonyl (C=O) groups is 1. The Morgan fingerprint density at radius 3 is 2.44 bits per heavy atom. The van der Waals surface area contributed by atoms with Gasteiger partial charge in [0.2, 0.25) is 0 Å². The smallest absolute Gasteiger partial charge is 0.305 e. The van der Waals surface area contributed by atoms with Crippen LogP contribution in [0.2, 0.25) is 0 Å². The minimum Gasteiger partial charge on any atom is -0.481 e. The first kappa shape index (κ1) is 21.3. The van der Waals surface area contributed by atoms with E-state index >= 15 is 0 Å². The molecule has 1 aromatic carbocycles. The first-order chi connectivity index (χ1) is 12.8. The van der Waals surface area contributed by atoms with Crippen molar-refractivity contribution in [2.24, 2.45) is 11.8 Å². The SMILES string of the molecule is CCC1CC(c2ccc(F)cc2)=C(/C=C/C(O)CC(O)CC(=O)O)C1CC. The summed E-state index contributed by atoms with van der Waals surface area (Å²) in [6.45, 7) is 4.31. The van der Waals surface area contributed by atoms with Gasteiger partial charge in [0.05, 0.1) is 18.6 Å². The van der Waals surface area contributed by atoms with Crippen molar-refractivity contribution in [1.82, 2.24) is 0 Å². The number of aliphatic hydroxyl groups excluding tert-OH is 2. The Bertz CT molecular complexity index is 693. The van der Waals surface area contributed by atoms with Crippen molar-refractivity contribution in [3.05, 3.63) is 53.4 Å². The van der Waals surface area contributed by atoms with E-state index in [9.17, 15) is 19.4 Å². The molecule has 1 aliphatic carbocycles. The number of rotatable bonds is 9. The fourth-order valence-electron chi connectivity index (χ4n) is 4.00. The summed E-state index contributed by atoms with van der Waals surface area (Å²) in [7, 11) is 0. The zero-order chi connectivity index (χ0) is 20.0. The standard InChI is InChI=1S/C22H29FO4/c1-3-14-11-21(15-5-7-16(23)8-6-15)20(19(14)4-2)10-9-17(24)12-18(25)13-22(26)27/h5-10,14,17-19,24-25H,3-4,11-13H2,1-2H3,(H,26,27)/b10-9+. The van der Waals surface area contributed by atoms with Gasteiger partial charge in [-0.05, 0) is 53.5 Å². The Morgan fingerprint density at radius 2 is 1.89 bits per heavy atom. The van der Waals surface area contributed by atoms with E-state index in [0.29, 0.717) is 11.8 Å².